The molecule has 1 heterocycles. The summed E-state index contributed by atoms with van der Waals surface area (Å²) in [5.74, 6) is -0.0560. The Morgan fingerprint density at radius 1 is 1.30 bits per heavy atom. The average molecular weight is 339 g/mol. The summed E-state index contributed by atoms with van der Waals surface area (Å²) in [5, 5.41) is 12.0. The Labute approximate surface area is 139 Å². The molecule has 0 aliphatic carbocycles. The lowest BCUT2D eigenvalue weighted by atomic mass is 9.86. The number of hydrogen-bond acceptors (Lipinski definition) is 5. The van der Waals surface area contributed by atoms with Crippen molar-refractivity contribution >= 4 is 23.6 Å². The molecule has 1 aromatic rings. The highest BCUT2D eigenvalue weighted by Gasteiger charge is 2.36. The summed E-state index contributed by atoms with van der Waals surface area (Å²) in [4.78, 5) is 24.2. The summed E-state index contributed by atoms with van der Waals surface area (Å²) in [6, 6.07) is 7.45. The van der Waals surface area contributed by atoms with Gasteiger partial charge in [0, 0.05) is 18.1 Å². The SMILES string of the molecule is COc1ccc(SCC(=O)NC2(CC(=O)O)CCOCC2)cc1. The first-order valence-corrected chi connectivity index (χ1v) is 8.39. The van der Waals surface area contributed by atoms with E-state index < -0.39 is 11.5 Å². The molecule has 1 saturated heterocycles. The molecule has 7 heteroatoms. The van der Waals surface area contributed by atoms with Crippen molar-refractivity contribution in [3.63, 3.8) is 0 Å². The van der Waals surface area contributed by atoms with Crippen LogP contribution in [0.2, 0.25) is 0 Å². The van der Waals surface area contributed by atoms with E-state index in [1.165, 1.54) is 11.8 Å². The minimum atomic E-state index is -0.907. The fraction of sp³-hybridized carbons (Fsp3) is 0.500. The van der Waals surface area contributed by atoms with Crippen LogP contribution in [0.4, 0.5) is 0 Å². The average Bonchev–Trinajstić information content (AvgIpc) is 2.53. The van der Waals surface area contributed by atoms with Gasteiger partial charge in [-0.1, -0.05) is 0 Å². The normalized spacial score (nSPS) is 16.6. The number of carbonyl (C=O) groups is 2. The van der Waals surface area contributed by atoms with Crippen molar-refractivity contribution in [1.29, 1.82) is 0 Å². The Kier molecular flexibility index (Phi) is 6.29. The molecular formula is C16H21NO5S. The molecule has 1 aliphatic heterocycles. The van der Waals surface area contributed by atoms with Crippen molar-refractivity contribution in [3.05, 3.63) is 24.3 Å². The van der Waals surface area contributed by atoms with Crippen molar-refractivity contribution in [2.75, 3.05) is 26.1 Å². The number of benzene rings is 1. The second-order valence-corrected chi connectivity index (χ2v) is 6.52. The van der Waals surface area contributed by atoms with Crippen LogP contribution in [0, 0.1) is 0 Å². The third kappa shape index (κ3) is 5.44. The molecule has 126 valence electrons. The highest BCUT2D eigenvalue weighted by molar-refractivity contribution is 8.00. The number of hydrogen-bond donors (Lipinski definition) is 2. The number of carboxylic acid groups (broad SMARTS) is 1. The van der Waals surface area contributed by atoms with E-state index in [1.807, 2.05) is 24.3 Å². The first-order chi connectivity index (χ1) is 11.0. The zero-order valence-corrected chi connectivity index (χ0v) is 13.9. The number of carboxylic acids is 1. The van der Waals surface area contributed by atoms with Crippen LogP contribution in [0.25, 0.3) is 0 Å². The number of methoxy groups -OCH3 is 1. The molecule has 0 radical (unpaired) electrons. The predicted molar refractivity (Wildman–Crippen MR) is 86.9 cm³/mol. The molecule has 0 bridgehead atoms. The molecule has 23 heavy (non-hydrogen) atoms. The molecule has 2 N–H and O–H groups in total. The first kappa shape index (κ1) is 17.6. The number of thioether (sulfide) groups is 1. The summed E-state index contributed by atoms with van der Waals surface area (Å²) in [5.41, 5.74) is -0.693. The molecular weight excluding hydrogens is 318 g/mol. The number of ether oxygens (including phenoxy) is 2. The van der Waals surface area contributed by atoms with Gasteiger partial charge in [-0.25, -0.2) is 0 Å². The van der Waals surface area contributed by atoms with Gasteiger partial charge in [0.15, 0.2) is 0 Å². The number of aliphatic carboxylic acids is 1. The van der Waals surface area contributed by atoms with Crippen LogP contribution in [-0.4, -0.2) is 48.6 Å². The molecule has 0 spiro atoms. The topological polar surface area (TPSA) is 84.9 Å². The summed E-state index contributed by atoms with van der Waals surface area (Å²) in [7, 11) is 1.60. The van der Waals surface area contributed by atoms with Crippen molar-refractivity contribution in [2.24, 2.45) is 0 Å². The Bertz CT molecular complexity index is 540. The summed E-state index contributed by atoms with van der Waals surface area (Å²) in [6.45, 7) is 0.943. The van der Waals surface area contributed by atoms with Gasteiger partial charge in [-0.05, 0) is 37.1 Å². The van der Waals surface area contributed by atoms with Crippen LogP contribution in [0.3, 0.4) is 0 Å². The summed E-state index contributed by atoms with van der Waals surface area (Å²) in [6.07, 6.45) is 0.978. The zero-order chi connectivity index (χ0) is 16.7. The smallest absolute Gasteiger partial charge is 0.305 e. The minimum Gasteiger partial charge on any atom is -0.497 e. The second-order valence-electron chi connectivity index (χ2n) is 5.48. The van der Waals surface area contributed by atoms with E-state index in [1.54, 1.807) is 7.11 Å². The van der Waals surface area contributed by atoms with Crippen molar-refractivity contribution in [1.82, 2.24) is 5.32 Å². The zero-order valence-electron chi connectivity index (χ0n) is 13.0. The maximum absolute atomic E-state index is 12.2. The van der Waals surface area contributed by atoms with Gasteiger partial charge in [-0.2, -0.15) is 0 Å². The van der Waals surface area contributed by atoms with Crippen LogP contribution < -0.4 is 10.1 Å². The molecule has 0 aromatic heterocycles. The molecule has 1 aromatic carbocycles. The third-order valence-corrected chi connectivity index (χ3v) is 4.79. The quantitative estimate of drug-likeness (QED) is 0.739. The lowest BCUT2D eigenvalue weighted by Crippen LogP contribution is -2.53. The van der Waals surface area contributed by atoms with E-state index in [0.717, 1.165) is 10.6 Å². The van der Waals surface area contributed by atoms with Gasteiger partial charge >= 0.3 is 5.97 Å². The largest absolute Gasteiger partial charge is 0.497 e. The third-order valence-electron chi connectivity index (χ3n) is 3.77. The number of amides is 1. The molecule has 6 nitrogen and oxygen atoms in total. The predicted octanol–water partition coefficient (Wildman–Crippen LogP) is 1.93. The fourth-order valence-electron chi connectivity index (χ4n) is 2.55. The van der Waals surface area contributed by atoms with E-state index in [2.05, 4.69) is 5.32 Å². The first-order valence-electron chi connectivity index (χ1n) is 7.40. The minimum absolute atomic E-state index is 0.0741. The van der Waals surface area contributed by atoms with E-state index in [0.29, 0.717) is 26.1 Å². The Hall–Kier alpha value is -1.73. The van der Waals surface area contributed by atoms with Crippen LogP contribution in [0.1, 0.15) is 19.3 Å². The Balaban J connectivity index is 1.89. The van der Waals surface area contributed by atoms with E-state index in [-0.39, 0.29) is 18.1 Å². The Morgan fingerprint density at radius 2 is 1.96 bits per heavy atom. The maximum atomic E-state index is 12.2. The highest BCUT2D eigenvalue weighted by atomic mass is 32.2. The highest BCUT2D eigenvalue weighted by Crippen LogP contribution is 2.26. The van der Waals surface area contributed by atoms with Crippen LogP contribution in [0.15, 0.2) is 29.2 Å². The van der Waals surface area contributed by atoms with Gasteiger partial charge in [-0.15, -0.1) is 11.8 Å². The van der Waals surface area contributed by atoms with E-state index in [4.69, 9.17) is 14.6 Å². The number of carbonyl (C=O) groups excluding carboxylic acids is 1. The number of rotatable bonds is 7. The summed E-state index contributed by atoms with van der Waals surface area (Å²) >= 11 is 1.41. The lowest BCUT2D eigenvalue weighted by Gasteiger charge is -2.36. The van der Waals surface area contributed by atoms with Crippen LogP contribution in [-0.2, 0) is 14.3 Å². The molecule has 2 rings (SSSR count). The standard InChI is InChI=1S/C16H21NO5S/c1-21-12-2-4-13(5-3-12)23-11-14(18)17-16(10-15(19)20)6-8-22-9-7-16/h2-5H,6-11H2,1H3,(H,17,18)(H,19,20). The van der Waals surface area contributed by atoms with Gasteiger partial charge in [0.25, 0.3) is 0 Å². The van der Waals surface area contributed by atoms with Gasteiger partial charge in [0.1, 0.15) is 5.75 Å². The van der Waals surface area contributed by atoms with E-state index in [9.17, 15) is 9.59 Å². The molecule has 0 unspecified atom stereocenters. The molecule has 1 aliphatic rings. The molecule has 1 fully saturated rings. The Morgan fingerprint density at radius 3 is 2.52 bits per heavy atom. The summed E-state index contributed by atoms with van der Waals surface area (Å²) < 4.78 is 10.4. The number of nitrogens with one attached hydrogen (secondary N) is 1. The van der Waals surface area contributed by atoms with Gasteiger partial charge < -0.3 is 19.9 Å². The lowest BCUT2D eigenvalue weighted by molar-refractivity contribution is -0.140. The molecule has 0 saturated carbocycles. The van der Waals surface area contributed by atoms with Gasteiger partial charge in [0.2, 0.25) is 5.91 Å². The van der Waals surface area contributed by atoms with Gasteiger partial charge in [0.05, 0.1) is 24.8 Å². The maximum Gasteiger partial charge on any atom is 0.305 e. The van der Waals surface area contributed by atoms with Gasteiger partial charge in [-0.3, -0.25) is 9.59 Å². The van der Waals surface area contributed by atoms with Crippen molar-refractivity contribution in [3.8, 4) is 5.75 Å². The van der Waals surface area contributed by atoms with E-state index >= 15 is 0 Å². The van der Waals surface area contributed by atoms with Crippen molar-refractivity contribution < 1.29 is 24.2 Å². The second kappa shape index (κ2) is 8.21. The fourth-order valence-corrected chi connectivity index (χ4v) is 3.25. The van der Waals surface area contributed by atoms with Crippen LogP contribution in [0.5, 0.6) is 5.75 Å². The molecule has 1 amide bonds. The monoisotopic (exact) mass is 339 g/mol. The molecule has 0 atom stereocenters. The van der Waals surface area contributed by atoms with Crippen LogP contribution >= 0.6 is 11.8 Å². The van der Waals surface area contributed by atoms with Crippen molar-refractivity contribution in [2.45, 2.75) is 29.7 Å².